The number of quaternary nitrogens is 2. The fraction of sp³-hybridized carbons (Fsp3) is 0.810. The third-order valence-electron chi connectivity index (χ3n) is 5.63. The molecule has 0 amide bonds. The van der Waals surface area contributed by atoms with Crippen LogP contribution in [0.4, 0.5) is 0 Å². The van der Waals surface area contributed by atoms with Crippen LogP contribution in [0.5, 0.6) is 0 Å². The number of rotatable bonds is 9. The Hall–Kier alpha value is -0.840. The lowest BCUT2D eigenvalue weighted by atomic mass is 9.73. The minimum Gasteiger partial charge on any atom is -0.469 e. The fourth-order valence-corrected chi connectivity index (χ4v) is 4.75. The highest BCUT2D eigenvalue weighted by Crippen LogP contribution is 2.37. The summed E-state index contributed by atoms with van der Waals surface area (Å²) in [4.78, 5) is 1.54. The van der Waals surface area contributed by atoms with E-state index in [-0.39, 0.29) is 5.60 Å². The monoisotopic (exact) mass is 352 g/mol. The van der Waals surface area contributed by atoms with Gasteiger partial charge in [0.05, 0.1) is 51.0 Å². The van der Waals surface area contributed by atoms with Gasteiger partial charge in [0.25, 0.3) is 0 Å². The summed E-state index contributed by atoms with van der Waals surface area (Å²) in [5.41, 5.74) is 0.398. The van der Waals surface area contributed by atoms with E-state index < -0.39 is 0 Å². The van der Waals surface area contributed by atoms with E-state index in [4.69, 9.17) is 9.15 Å². The Morgan fingerprint density at radius 2 is 2.04 bits per heavy atom. The molecule has 1 fully saturated rings. The third-order valence-corrected chi connectivity index (χ3v) is 5.63. The van der Waals surface area contributed by atoms with E-state index in [0.717, 1.165) is 25.3 Å². The summed E-state index contributed by atoms with van der Waals surface area (Å²) in [5, 5.41) is 2.54. The van der Waals surface area contributed by atoms with Gasteiger partial charge in [-0.2, -0.15) is 0 Å². The number of nitrogens with two attached hydrogens (primary N) is 1. The smallest absolute Gasteiger partial charge is 0.107 e. The molecule has 25 heavy (non-hydrogen) atoms. The van der Waals surface area contributed by atoms with Gasteiger partial charge in [0.2, 0.25) is 0 Å². The first-order valence-corrected chi connectivity index (χ1v) is 10.0. The van der Waals surface area contributed by atoms with E-state index in [2.05, 4.69) is 53.2 Å². The molecule has 1 aliphatic heterocycles. The third kappa shape index (κ3) is 6.12. The molecule has 1 saturated heterocycles. The average Bonchev–Trinajstić information content (AvgIpc) is 2.98. The summed E-state index contributed by atoms with van der Waals surface area (Å²) in [6.45, 7) is 13.6. The van der Waals surface area contributed by atoms with Gasteiger partial charge < -0.3 is 19.4 Å². The molecule has 1 aliphatic rings. The number of ether oxygens (including phenoxy) is 1. The van der Waals surface area contributed by atoms with Crippen molar-refractivity contribution in [3.05, 3.63) is 24.2 Å². The largest absolute Gasteiger partial charge is 0.469 e. The van der Waals surface area contributed by atoms with E-state index in [1.807, 2.05) is 6.07 Å². The van der Waals surface area contributed by atoms with Crippen molar-refractivity contribution in [2.75, 3.05) is 40.3 Å². The Morgan fingerprint density at radius 3 is 2.60 bits per heavy atom. The minimum atomic E-state index is 0.0101. The summed E-state index contributed by atoms with van der Waals surface area (Å²) in [6.07, 6.45) is 5.32. The number of furan rings is 1. The van der Waals surface area contributed by atoms with E-state index in [0.29, 0.717) is 17.3 Å². The normalized spacial score (nSPS) is 24.8. The van der Waals surface area contributed by atoms with Gasteiger partial charge in [-0.15, -0.1) is 0 Å². The number of nitrogens with one attached hydrogen (secondary N) is 1. The Kier molecular flexibility index (Phi) is 7.12. The molecule has 144 valence electrons. The van der Waals surface area contributed by atoms with Crippen LogP contribution in [0.2, 0.25) is 0 Å². The lowest BCUT2D eigenvalue weighted by molar-refractivity contribution is -0.870. The first-order valence-electron chi connectivity index (χ1n) is 10.0. The van der Waals surface area contributed by atoms with E-state index in [1.165, 1.54) is 25.9 Å². The van der Waals surface area contributed by atoms with Crippen LogP contribution in [0.15, 0.2) is 22.8 Å². The lowest BCUT2D eigenvalue weighted by Crippen LogP contribution is -3.08. The van der Waals surface area contributed by atoms with Crippen LogP contribution in [0.25, 0.3) is 0 Å². The molecule has 0 spiro atoms. The Morgan fingerprint density at radius 1 is 1.28 bits per heavy atom. The van der Waals surface area contributed by atoms with Crippen LogP contribution in [-0.2, 0) is 4.74 Å². The van der Waals surface area contributed by atoms with Crippen molar-refractivity contribution < 1.29 is 19.4 Å². The van der Waals surface area contributed by atoms with E-state index in [9.17, 15) is 0 Å². The zero-order chi connectivity index (χ0) is 18.5. The van der Waals surface area contributed by atoms with Gasteiger partial charge in [0.1, 0.15) is 5.76 Å². The van der Waals surface area contributed by atoms with Gasteiger partial charge >= 0.3 is 0 Å². The molecule has 0 bridgehead atoms. The molecule has 0 radical (unpaired) electrons. The molecule has 0 aromatic carbocycles. The van der Waals surface area contributed by atoms with Crippen LogP contribution < -0.4 is 10.2 Å². The Balaban J connectivity index is 1.90. The maximum atomic E-state index is 5.99. The minimum absolute atomic E-state index is 0.0101. The topological polar surface area (TPSA) is 43.4 Å². The van der Waals surface area contributed by atoms with Crippen molar-refractivity contribution in [3.8, 4) is 0 Å². The molecule has 1 aromatic rings. The van der Waals surface area contributed by atoms with Crippen molar-refractivity contribution in [2.45, 2.75) is 58.5 Å². The van der Waals surface area contributed by atoms with Crippen LogP contribution in [0, 0.1) is 11.3 Å². The van der Waals surface area contributed by atoms with Gasteiger partial charge in [0.15, 0.2) is 0 Å². The Bertz CT molecular complexity index is 496. The zero-order valence-corrected chi connectivity index (χ0v) is 17.2. The summed E-state index contributed by atoms with van der Waals surface area (Å²) in [7, 11) is 4.55. The van der Waals surface area contributed by atoms with Crippen molar-refractivity contribution >= 4 is 0 Å². The molecule has 0 saturated carbocycles. The van der Waals surface area contributed by atoms with Crippen molar-refractivity contribution in [3.63, 3.8) is 0 Å². The van der Waals surface area contributed by atoms with Crippen molar-refractivity contribution in [1.82, 2.24) is 0 Å². The van der Waals surface area contributed by atoms with Gasteiger partial charge in [-0.25, -0.2) is 0 Å². The van der Waals surface area contributed by atoms with E-state index >= 15 is 0 Å². The summed E-state index contributed by atoms with van der Waals surface area (Å²) < 4.78 is 11.7. The first-order chi connectivity index (χ1) is 11.7. The molecule has 2 atom stereocenters. The molecule has 2 rings (SSSR count). The molecule has 4 heteroatoms. The molecule has 4 nitrogen and oxygen atoms in total. The maximum absolute atomic E-state index is 5.99. The summed E-state index contributed by atoms with van der Waals surface area (Å²) in [5.74, 6) is 2.28. The number of hydrogen-bond donors (Lipinski definition) is 2. The fourth-order valence-electron chi connectivity index (χ4n) is 4.75. The molecule has 0 aliphatic carbocycles. The predicted molar refractivity (Wildman–Crippen MR) is 102 cm³/mol. The second-order valence-corrected chi connectivity index (χ2v) is 9.35. The highest BCUT2D eigenvalue weighted by Gasteiger charge is 2.44. The maximum Gasteiger partial charge on any atom is 0.107 e. The quantitative estimate of drug-likeness (QED) is 0.664. The van der Waals surface area contributed by atoms with Crippen LogP contribution in [0.3, 0.4) is 0 Å². The second kappa shape index (κ2) is 8.70. The summed E-state index contributed by atoms with van der Waals surface area (Å²) in [6, 6.07) is 4.13. The number of hydrogen-bond acceptors (Lipinski definition) is 2. The van der Waals surface area contributed by atoms with Gasteiger partial charge in [-0.3, -0.25) is 0 Å². The molecular weight excluding hydrogens is 312 g/mol. The van der Waals surface area contributed by atoms with Gasteiger partial charge in [-0.1, -0.05) is 13.8 Å². The van der Waals surface area contributed by atoms with Crippen LogP contribution >= 0.6 is 0 Å². The highest BCUT2D eigenvalue weighted by atomic mass is 16.5. The Labute approximate surface area is 154 Å². The van der Waals surface area contributed by atoms with Crippen LogP contribution in [-0.4, -0.2) is 45.9 Å². The molecule has 2 heterocycles. The molecule has 0 unspecified atom stereocenters. The van der Waals surface area contributed by atoms with Crippen molar-refractivity contribution in [2.24, 2.45) is 11.3 Å². The SMILES string of the molecule is CC(C)[C@@H](CC[NH2+]C[C@@]1(C[NH+](C)C)CCOC(C)(C)C1)c1ccco1. The standard InChI is InChI=1S/C21H38N2O2/c1-17(2)18(19-8-7-12-24-19)9-11-22-15-21(16-23(5)6)10-13-25-20(3,4)14-21/h7-8,12,17-18,22H,9-11,13-16H2,1-6H3/p+2/t18-,21-/m1/s1. The van der Waals surface area contributed by atoms with Crippen molar-refractivity contribution in [1.29, 1.82) is 0 Å². The van der Waals surface area contributed by atoms with Gasteiger partial charge in [0, 0.05) is 18.9 Å². The molecular formula is C21H40N2O2+2. The van der Waals surface area contributed by atoms with Crippen LogP contribution in [0.1, 0.15) is 58.6 Å². The predicted octanol–water partition coefficient (Wildman–Crippen LogP) is 1.69. The second-order valence-electron chi connectivity index (χ2n) is 9.35. The highest BCUT2D eigenvalue weighted by molar-refractivity contribution is 5.06. The van der Waals surface area contributed by atoms with E-state index in [1.54, 1.807) is 11.2 Å². The molecule has 1 aromatic heterocycles. The molecule has 3 N–H and O–H groups in total. The lowest BCUT2D eigenvalue weighted by Gasteiger charge is -2.43. The summed E-state index contributed by atoms with van der Waals surface area (Å²) >= 11 is 0. The first kappa shape index (κ1) is 20.5. The average molecular weight is 353 g/mol. The zero-order valence-electron chi connectivity index (χ0n) is 17.2. The van der Waals surface area contributed by atoms with Gasteiger partial charge in [-0.05, 0) is 44.7 Å².